The summed E-state index contributed by atoms with van der Waals surface area (Å²) in [5.41, 5.74) is 8.28. The molecule has 1 aromatic heterocycles. The molecule has 0 fully saturated rings. The van der Waals surface area contributed by atoms with Gasteiger partial charge in [-0.3, -0.25) is 0 Å². The molecule has 1 aliphatic heterocycles. The van der Waals surface area contributed by atoms with Crippen molar-refractivity contribution >= 4 is 45.0 Å². The number of fused-ring (bicyclic) bond motifs is 1. The molecule has 2 heterocycles. The fourth-order valence-corrected chi connectivity index (χ4v) is 3.46. The van der Waals surface area contributed by atoms with Gasteiger partial charge in [0.05, 0.1) is 15.9 Å². The number of hydrogen-bond acceptors (Lipinski definition) is 7. The van der Waals surface area contributed by atoms with Crippen molar-refractivity contribution in [2.75, 3.05) is 0 Å². The lowest BCUT2D eigenvalue weighted by atomic mass is 10.2. The Hall–Kier alpha value is -3.52. The number of aromatic nitrogens is 1. The molecule has 0 aliphatic carbocycles. The van der Waals surface area contributed by atoms with Crippen LogP contribution in [0.25, 0.3) is 20.8 Å². The standard InChI is InChI=1S/C19H13N3O4S/c20-17(19-25-15(23)8-9-16(24)26-19)21-12-6-7-13-14(10-12)27-18(22-13)11-4-2-1-3-5-11/h1-10,19H,(H2,20,21). The van der Waals surface area contributed by atoms with Gasteiger partial charge < -0.3 is 15.2 Å². The van der Waals surface area contributed by atoms with E-state index < -0.39 is 18.2 Å². The molecule has 0 bridgehead atoms. The Morgan fingerprint density at radius 2 is 1.74 bits per heavy atom. The number of esters is 2. The average molecular weight is 379 g/mol. The molecule has 3 aromatic rings. The van der Waals surface area contributed by atoms with Crippen LogP contribution in [0.1, 0.15) is 0 Å². The predicted molar refractivity (Wildman–Crippen MR) is 101 cm³/mol. The minimum atomic E-state index is -1.36. The first-order valence-corrected chi connectivity index (χ1v) is 8.79. The van der Waals surface area contributed by atoms with Crippen LogP contribution in [-0.2, 0) is 19.1 Å². The zero-order valence-electron chi connectivity index (χ0n) is 13.9. The smallest absolute Gasteiger partial charge is 0.334 e. The molecule has 1 aliphatic rings. The van der Waals surface area contributed by atoms with Crippen molar-refractivity contribution in [2.24, 2.45) is 10.7 Å². The largest absolute Gasteiger partial charge is 0.414 e. The summed E-state index contributed by atoms with van der Waals surface area (Å²) in [7, 11) is 0. The molecule has 2 aromatic carbocycles. The summed E-state index contributed by atoms with van der Waals surface area (Å²) in [4.78, 5) is 31.7. The lowest BCUT2D eigenvalue weighted by Crippen LogP contribution is -2.35. The van der Waals surface area contributed by atoms with E-state index in [4.69, 9.17) is 15.2 Å². The summed E-state index contributed by atoms with van der Waals surface area (Å²) in [6.07, 6.45) is 0.589. The minimum absolute atomic E-state index is 0.132. The molecule has 0 amide bonds. The molecule has 0 saturated carbocycles. The molecule has 7 nitrogen and oxygen atoms in total. The number of benzene rings is 2. The van der Waals surface area contributed by atoms with Gasteiger partial charge in [-0.1, -0.05) is 30.3 Å². The maximum absolute atomic E-state index is 11.4. The molecule has 0 atom stereocenters. The number of carbonyl (C=O) groups is 2. The highest BCUT2D eigenvalue weighted by Crippen LogP contribution is 2.32. The number of amidine groups is 1. The second-order valence-corrected chi connectivity index (χ2v) is 6.64. The van der Waals surface area contributed by atoms with Crippen LogP contribution in [0.2, 0.25) is 0 Å². The SMILES string of the molecule is NC(=Nc1ccc2nc(-c3ccccc3)sc2c1)C1OC(=O)C=CC(=O)O1. The zero-order chi connectivity index (χ0) is 18.8. The second-order valence-electron chi connectivity index (χ2n) is 5.61. The fourth-order valence-electron chi connectivity index (χ4n) is 2.46. The van der Waals surface area contributed by atoms with Crippen molar-refractivity contribution in [3.63, 3.8) is 0 Å². The average Bonchev–Trinajstić information content (AvgIpc) is 3.01. The first kappa shape index (κ1) is 16.9. The molecule has 0 unspecified atom stereocenters. The molecule has 2 N–H and O–H groups in total. The predicted octanol–water partition coefficient (Wildman–Crippen LogP) is 2.93. The van der Waals surface area contributed by atoms with E-state index >= 15 is 0 Å². The lowest BCUT2D eigenvalue weighted by Gasteiger charge is -2.14. The lowest BCUT2D eigenvalue weighted by molar-refractivity contribution is -0.166. The number of thiazole rings is 1. The van der Waals surface area contributed by atoms with Crippen molar-refractivity contribution < 1.29 is 19.1 Å². The summed E-state index contributed by atoms with van der Waals surface area (Å²) < 4.78 is 10.8. The summed E-state index contributed by atoms with van der Waals surface area (Å²) in [6, 6.07) is 15.3. The van der Waals surface area contributed by atoms with Gasteiger partial charge in [-0.05, 0) is 18.2 Å². The third-order valence-corrected chi connectivity index (χ3v) is 4.76. The second kappa shape index (κ2) is 7.00. The van der Waals surface area contributed by atoms with E-state index in [1.807, 2.05) is 42.5 Å². The maximum atomic E-state index is 11.4. The third kappa shape index (κ3) is 3.70. The van der Waals surface area contributed by atoms with Crippen LogP contribution in [-0.4, -0.2) is 29.0 Å². The van der Waals surface area contributed by atoms with Crippen molar-refractivity contribution in [3.8, 4) is 10.6 Å². The Kier molecular flexibility index (Phi) is 4.39. The van der Waals surface area contributed by atoms with Gasteiger partial charge in [-0.15, -0.1) is 11.3 Å². The van der Waals surface area contributed by atoms with Crippen LogP contribution in [0.4, 0.5) is 5.69 Å². The highest BCUT2D eigenvalue weighted by atomic mass is 32.1. The molecule has 134 valence electrons. The number of ether oxygens (including phenoxy) is 2. The van der Waals surface area contributed by atoms with Crippen LogP contribution in [0.3, 0.4) is 0 Å². The molecule has 8 heteroatoms. The topological polar surface area (TPSA) is 104 Å². The van der Waals surface area contributed by atoms with E-state index in [9.17, 15) is 9.59 Å². The molecule has 27 heavy (non-hydrogen) atoms. The number of aliphatic imine (C=N–C) groups is 1. The first-order chi connectivity index (χ1) is 13.1. The molecular weight excluding hydrogens is 366 g/mol. The van der Waals surface area contributed by atoms with Gasteiger partial charge in [0.15, 0.2) is 5.84 Å². The molecular formula is C19H13N3O4S. The van der Waals surface area contributed by atoms with Crippen LogP contribution in [0.15, 0.2) is 65.7 Å². The Morgan fingerprint density at radius 3 is 2.44 bits per heavy atom. The fraction of sp³-hybridized carbons (Fsp3) is 0.0526. The van der Waals surface area contributed by atoms with E-state index in [-0.39, 0.29) is 5.84 Å². The third-order valence-electron chi connectivity index (χ3n) is 3.69. The zero-order valence-corrected chi connectivity index (χ0v) is 14.7. The Labute approximate surface area is 157 Å². The van der Waals surface area contributed by atoms with Crippen molar-refractivity contribution in [1.29, 1.82) is 0 Å². The van der Waals surface area contributed by atoms with E-state index in [1.54, 1.807) is 6.07 Å². The van der Waals surface area contributed by atoms with E-state index in [2.05, 4.69) is 9.98 Å². The molecule has 0 saturated heterocycles. The quantitative estimate of drug-likeness (QED) is 0.426. The Bertz CT molecular complexity index is 1070. The van der Waals surface area contributed by atoms with Gasteiger partial charge in [0, 0.05) is 17.7 Å². The number of nitrogens with two attached hydrogens (primary N) is 1. The van der Waals surface area contributed by atoms with Crippen LogP contribution >= 0.6 is 11.3 Å². The van der Waals surface area contributed by atoms with Crippen LogP contribution < -0.4 is 5.73 Å². The van der Waals surface area contributed by atoms with Crippen molar-refractivity contribution in [3.05, 3.63) is 60.7 Å². The number of cyclic esters (lactones) is 2. The van der Waals surface area contributed by atoms with Crippen LogP contribution in [0.5, 0.6) is 0 Å². The van der Waals surface area contributed by atoms with Gasteiger partial charge in [0.1, 0.15) is 5.01 Å². The summed E-state index contributed by atoms with van der Waals surface area (Å²) in [6.45, 7) is 0. The summed E-state index contributed by atoms with van der Waals surface area (Å²) in [5.74, 6) is -1.59. The van der Waals surface area contributed by atoms with Crippen molar-refractivity contribution in [2.45, 2.75) is 6.29 Å². The molecule has 4 rings (SSSR count). The van der Waals surface area contributed by atoms with E-state index in [1.165, 1.54) is 11.3 Å². The minimum Gasteiger partial charge on any atom is -0.414 e. The van der Waals surface area contributed by atoms with Gasteiger partial charge in [0.2, 0.25) is 0 Å². The number of rotatable bonds is 3. The van der Waals surface area contributed by atoms with Crippen molar-refractivity contribution in [1.82, 2.24) is 4.98 Å². The van der Waals surface area contributed by atoms with E-state index in [0.29, 0.717) is 5.69 Å². The Morgan fingerprint density at radius 1 is 1.04 bits per heavy atom. The van der Waals surface area contributed by atoms with E-state index in [0.717, 1.165) is 32.9 Å². The van der Waals surface area contributed by atoms with Gasteiger partial charge >= 0.3 is 18.2 Å². The van der Waals surface area contributed by atoms with Gasteiger partial charge in [-0.2, -0.15) is 0 Å². The monoisotopic (exact) mass is 379 g/mol. The number of hydrogen-bond donors (Lipinski definition) is 1. The number of nitrogens with zero attached hydrogens (tertiary/aromatic N) is 2. The highest BCUT2D eigenvalue weighted by molar-refractivity contribution is 7.21. The number of carbonyl (C=O) groups excluding carboxylic acids is 2. The maximum Gasteiger partial charge on any atom is 0.334 e. The first-order valence-electron chi connectivity index (χ1n) is 7.98. The summed E-state index contributed by atoms with van der Waals surface area (Å²) in [5, 5.41) is 0.900. The van der Waals surface area contributed by atoms with Gasteiger partial charge in [0.25, 0.3) is 0 Å². The Balaban J connectivity index is 1.63. The molecule has 0 spiro atoms. The summed E-state index contributed by atoms with van der Waals surface area (Å²) >= 11 is 1.53. The molecule has 0 radical (unpaired) electrons. The van der Waals surface area contributed by atoms with Crippen LogP contribution in [0, 0.1) is 0 Å². The highest BCUT2D eigenvalue weighted by Gasteiger charge is 2.24. The van der Waals surface area contributed by atoms with Gasteiger partial charge in [-0.25, -0.2) is 19.6 Å². The normalized spacial score (nSPS) is 15.5.